The summed E-state index contributed by atoms with van der Waals surface area (Å²) in [5.41, 5.74) is 1.80. The fraction of sp³-hybridized carbons (Fsp3) is 0.278. The Morgan fingerprint density at radius 3 is 2.31 bits per heavy atom. The number of imidazole rings is 1. The van der Waals surface area contributed by atoms with Crippen LogP contribution in [0.15, 0.2) is 47.4 Å². The van der Waals surface area contributed by atoms with Gasteiger partial charge in [-0.05, 0) is 37.1 Å². The van der Waals surface area contributed by atoms with Crippen LogP contribution in [0.1, 0.15) is 24.6 Å². The Kier molecular flexibility index (Phi) is 4.24. The highest BCUT2D eigenvalue weighted by Crippen LogP contribution is 2.31. The Morgan fingerprint density at radius 2 is 1.65 bits per heavy atom. The van der Waals surface area contributed by atoms with Gasteiger partial charge in [-0.15, -0.1) is 0 Å². The first kappa shape index (κ1) is 17.1. The van der Waals surface area contributed by atoms with Crippen molar-refractivity contribution in [3.05, 3.63) is 59.9 Å². The molecule has 1 fully saturated rings. The first-order valence-corrected chi connectivity index (χ1v) is 9.79. The Morgan fingerprint density at radius 1 is 1.00 bits per heavy atom. The first-order valence-electron chi connectivity index (χ1n) is 8.35. The smallest absolute Gasteiger partial charge is 0.248 e. The van der Waals surface area contributed by atoms with Crippen LogP contribution in [0, 0.1) is 11.6 Å². The number of aromatic nitrogens is 2. The molecule has 1 aromatic heterocycles. The molecule has 0 radical (unpaired) electrons. The van der Waals surface area contributed by atoms with Crippen LogP contribution < -0.4 is 0 Å². The standard InChI is InChI=1S/C18H17F2N3O2S/c19-13-4-3-5-14(20)17(13)26(24,25)23-10-8-12(9-11-23)18-21-15-6-1-2-7-16(15)22-18/h1-7,12H,8-11H2,(H,21,22). The van der Waals surface area contributed by atoms with Crippen LogP contribution in [-0.4, -0.2) is 35.8 Å². The lowest BCUT2D eigenvalue weighted by molar-refractivity contribution is 0.312. The van der Waals surface area contributed by atoms with Crippen molar-refractivity contribution in [2.75, 3.05) is 13.1 Å². The van der Waals surface area contributed by atoms with E-state index in [1.54, 1.807) is 0 Å². The number of H-pyrrole nitrogens is 1. The van der Waals surface area contributed by atoms with Crippen molar-refractivity contribution >= 4 is 21.1 Å². The number of piperidine rings is 1. The highest BCUT2D eigenvalue weighted by molar-refractivity contribution is 7.89. The third kappa shape index (κ3) is 2.89. The van der Waals surface area contributed by atoms with Gasteiger partial charge in [0.1, 0.15) is 17.5 Å². The lowest BCUT2D eigenvalue weighted by Gasteiger charge is -2.30. The largest absolute Gasteiger partial charge is 0.342 e. The molecule has 0 atom stereocenters. The number of nitrogens with one attached hydrogen (secondary N) is 1. The van der Waals surface area contributed by atoms with Crippen LogP contribution in [-0.2, 0) is 10.0 Å². The van der Waals surface area contributed by atoms with Crippen molar-refractivity contribution in [1.82, 2.24) is 14.3 Å². The SMILES string of the molecule is O=S(=O)(c1c(F)cccc1F)N1CCC(c2nc3ccccc3[nH]2)CC1. The fourth-order valence-corrected chi connectivity index (χ4v) is 4.97. The van der Waals surface area contributed by atoms with E-state index < -0.39 is 26.6 Å². The average molecular weight is 377 g/mol. The van der Waals surface area contributed by atoms with Gasteiger partial charge in [-0.3, -0.25) is 0 Å². The average Bonchev–Trinajstić information content (AvgIpc) is 3.05. The van der Waals surface area contributed by atoms with E-state index in [1.165, 1.54) is 0 Å². The van der Waals surface area contributed by atoms with Gasteiger partial charge < -0.3 is 4.98 Å². The number of hydrogen-bond acceptors (Lipinski definition) is 3. The fourth-order valence-electron chi connectivity index (χ4n) is 3.39. The Balaban J connectivity index is 1.54. The van der Waals surface area contributed by atoms with Crippen LogP contribution in [0.3, 0.4) is 0 Å². The summed E-state index contributed by atoms with van der Waals surface area (Å²) in [4.78, 5) is 6.96. The van der Waals surface area contributed by atoms with Gasteiger partial charge in [0.05, 0.1) is 11.0 Å². The molecule has 5 nitrogen and oxygen atoms in total. The van der Waals surface area contributed by atoms with Crippen LogP contribution in [0.2, 0.25) is 0 Å². The van der Waals surface area contributed by atoms with E-state index in [0.29, 0.717) is 12.8 Å². The molecule has 26 heavy (non-hydrogen) atoms. The second kappa shape index (κ2) is 6.44. The molecule has 1 aliphatic rings. The number of sulfonamides is 1. The summed E-state index contributed by atoms with van der Waals surface area (Å²) >= 11 is 0. The lowest BCUT2D eigenvalue weighted by atomic mass is 9.97. The number of aromatic amines is 1. The molecule has 4 rings (SSSR count). The Hall–Kier alpha value is -2.32. The third-order valence-corrected chi connectivity index (χ3v) is 6.72. The van der Waals surface area contributed by atoms with Crippen molar-refractivity contribution in [2.24, 2.45) is 0 Å². The van der Waals surface area contributed by atoms with Crippen molar-refractivity contribution in [3.63, 3.8) is 0 Å². The highest BCUT2D eigenvalue weighted by Gasteiger charge is 2.34. The zero-order valence-corrected chi connectivity index (χ0v) is 14.6. The molecule has 1 N–H and O–H groups in total. The predicted molar refractivity (Wildman–Crippen MR) is 93.2 cm³/mol. The number of para-hydroxylation sites is 2. The molecule has 0 amide bonds. The highest BCUT2D eigenvalue weighted by atomic mass is 32.2. The van der Waals surface area contributed by atoms with Gasteiger partial charge in [0.15, 0.2) is 4.90 Å². The summed E-state index contributed by atoms with van der Waals surface area (Å²) < 4.78 is 54.2. The van der Waals surface area contributed by atoms with Gasteiger partial charge in [0, 0.05) is 19.0 Å². The number of fused-ring (bicyclic) bond motifs is 1. The molecule has 2 aromatic carbocycles. The molecule has 0 spiro atoms. The molecular formula is C18H17F2N3O2S. The van der Waals surface area contributed by atoms with E-state index in [-0.39, 0.29) is 19.0 Å². The van der Waals surface area contributed by atoms with Gasteiger partial charge in [-0.1, -0.05) is 18.2 Å². The molecule has 136 valence electrons. The Labute approximate surface area is 149 Å². The molecule has 0 saturated carbocycles. The molecule has 0 aliphatic carbocycles. The van der Waals surface area contributed by atoms with Gasteiger partial charge in [0.25, 0.3) is 0 Å². The molecule has 1 saturated heterocycles. The molecule has 8 heteroatoms. The molecule has 2 heterocycles. The molecule has 0 unspecified atom stereocenters. The van der Waals surface area contributed by atoms with Gasteiger partial charge in [0.2, 0.25) is 10.0 Å². The summed E-state index contributed by atoms with van der Waals surface area (Å²) in [6, 6.07) is 10.7. The molecule has 3 aromatic rings. The van der Waals surface area contributed by atoms with Gasteiger partial charge in [-0.2, -0.15) is 4.31 Å². The van der Waals surface area contributed by atoms with E-state index in [4.69, 9.17) is 0 Å². The van der Waals surface area contributed by atoms with Crippen molar-refractivity contribution in [1.29, 1.82) is 0 Å². The quantitative estimate of drug-likeness (QED) is 0.761. The van der Waals surface area contributed by atoms with Crippen LogP contribution in [0.4, 0.5) is 8.78 Å². The maximum Gasteiger partial charge on any atom is 0.248 e. The van der Waals surface area contributed by atoms with Crippen LogP contribution >= 0.6 is 0 Å². The van der Waals surface area contributed by atoms with E-state index in [9.17, 15) is 17.2 Å². The topological polar surface area (TPSA) is 66.1 Å². The normalized spacial score (nSPS) is 17.0. The number of hydrogen-bond donors (Lipinski definition) is 1. The molecular weight excluding hydrogens is 360 g/mol. The Bertz CT molecular complexity index is 1000. The monoisotopic (exact) mass is 377 g/mol. The summed E-state index contributed by atoms with van der Waals surface area (Å²) in [7, 11) is -4.20. The molecule has 0 bridgehead atoms. The number of rotatable bonds is 3. The zero-order valence-electron chi connectivity index (χ0n) is 13.8. The minimum atomic E-state index is -4.20. The van der Waals surface area contributed by atoms with Crippen molar-refractivity contribution < 1.29 is 17.2 Å². The van der Waals surface area contributed by atoms with Gasteiger partial charge in [-0.25, -0.2) is 22.2 Å². The van der Waals surface area contributed by atoms with E-state index in [0.717, 1.165) is 39.4 Å². The number of nitrogens with zero attached hydrogens (tertiary/aromatic N) is 2. The maximum atomic E-state index is 13.9. The number of benzene rings is 2. The van der Waals surface area contributed by atoms with Crippen molar-refractivity contribution in [2.45, 2.75) is 23.7 Å². The second-order valence-corrected chi connectivity index (χ2v) is 8.24. The summed E-state index contributed by atoms with van der Waals surface area (Å²) in [5, 5.41) is 0. The number of halogens is 2. The van der Waals surface area contributed by atoms with E-state index >= 15 is 0 Å². The van der Waals surface area contributed by atoms with E-state index in [2.05, 4.69) is 9.97 Å². The third-order valence-electron chi connectivity index (χ3n) is 4.77. The molecule has 1 aliphatic heterocycles. The predicted octanol–water partition coefficient (Wildman–Crippen LogP) is 3.41. The zero-order chi connectivity index (χ0) is 18.3. The van der Waals surface area contributed by atoms with Crippen LogP contribution in [0.25, 0.3) is 11.0 Å². The summed E-state index contributed by atoms with van der Waals surface area (Å²) in [5.74, 6) is -1.23. The van der Waals surface area contributed by atoms with Crippen molar-refractivity contribution in [3.8, 4) is 0 Å². The van der Waals surface area contributed by atoms with Crippen LogP contribution in [0.5, 0.6) is 0 Å². The minimum absolute atomic E-state index is 0.0827. The van der Waals surface area contributed by atoms with E-state index in [1.807, 2.05) is 24.3 Å². The maximum absolute atomic E-state index is 13.9. The summed E-state index contributed by atoms with van der Waals surface area (Å²) in [6.45, 7) is 0.385. The minimum Gasteiger partial charge on any atom is -0.342 e. The summed E-state index contributed by atoms with van der Waals surface area (Å²) in [6.07, 6.45) is 1.07. The lowest BCUT2D eigenvalue weighted by Crippen LogP contribution is -2.38. The second-order valence-electron chi connectivity index (χ2n) is 6.37. The van der Waals surface area contributed by atoms with Gasteiger partial charge >= 0.3 is 0 Å². The first-order chi connectivity index (χ1) is 12.5.